The Morgan fingerprint density at radius 2 is 1.94 bits per heavy atom. The van der Waals surface area contributed by atoms with Crippen LogP contribution in [0.4, 0.5) is 0 Å². The fourth-order valence-electron chi connectivity index (χ4n) is 3.86. The van der Waals surface area contributed by atoms with E-state index in [1.807, 2.05) is 29.9 Å². The molecule has 0 atom stereocenters. The van der Waals surface area contributed by atoms with Crippen molar-refractivity contribution in [3.8, 4) is 11.4 Å². The monoisotopic (exact) mass is 489 g/mol. The summed E-state index contributed by atoms with van der Waals surface area (Å²) in [5.74, 6) is 0.681. The maximum Gasteiger partial charge on any atom is 0.182 e. The second kappa shape index (κ2) is 6.93. The minimum absolute atomic E-state index is 0.681. The number of hydrogen-bond donors (Lipinski definition) is 0. The van der Waals surface area contributed by atoms with Crippen molar-refractivity contribution in [3.05, 3.63) is 70.3 Å². The van der Waals surface area contributed by atoms with E-state index in [9.17, 15) is 0 Å². The highest BCUT2D eigenvalue weighted by molar-refractivity contribution is 9.10. The number of halogens is 1. The molecule has 0 saturated heterocycles. The van der Waals surface area contributed by atoms with Crippen LogP contribution in [0.25, 0.3) is 37.5 Å². The Balaban J connectivity index is 1.42. The molecular formula is C22H16BrN7S. The SMILES string of the molecule is Cc1cc(C)c2c(n1)sc1c2ncn2nc(-c3ccc(Cn4cc(Br)cn4)cc3)nc12. The van der Waals surface area contributed by atoms with E-state index in [1.54, 1.807) is 28.4 Å². The van der Waals surface area contributed by atoms with Crippen LogP contribution < -0.4 is 0 Å². The summed E-state index contributed by atoms with van der Waals surface area (Å²) >= 11 is 5.05. The molecule has 5 heterocycles. The van der Waals surface area contributed by atoms with E-state index in [0.717, 1.165) is 47.4 Å². The van der Waals surface area contributed by atoms with Gasteiger partial charge in [-0.1, -0.05) is 24.3 Å². The van der Waals surface area contributed by atoms with Crippen LogP contribution in [-0.4, -0.2) is 34.3 Å². The van der Waals surface area contributed by atoms with Crippen LogP contribution in [0, 0.1) is 13.8 Å². The van der Waals surface area contributed by atoms with Gasteiger partial charge in [-0.25, -0.2) is 19.5 Å². The molecule has 9 heteroatoms. The lowest BCUT2D eigenvalue weighted by Gasteiger charge is -2.02. The van der Waals surface area contributed by atoms with Crippen molar-refractivity contribution < 1.29 is 0 Å². The van der Waals surface area contributed by atoms with Gasteiger partial charge in [0.15, 0.2) is 11.5 Å². The first-order valence-corrected chi connectivity index (χ1v) is 11.4. The lowest BCUT2D eigenvalue weighted by Crippen LogP contribution is -1.99. The molecule has 0 amide bonds. The largest absolute Gasteiger partial charge is 0.267 e. The zero-order chi connectivity index (χ0) is 21.1. The number of rotatable bonds is 3. The first kappa shape index (κ1) is 18.6. The molecule has 0 aliphatic heterocycles. The Kier molecular flexibility index (Phi) is 4.15. The van der Waals surface area contributed by atoms with Gasteiger partial charge < -0.3 is 0 Å². The predicted molar refractivity (Wildman–Crippen MR) is 125 cm³/mol. The molecule has 0 fully saturated rings. The first-order valence-electron chi connectivity index (χ1n) is 9.74. The normalized spacial score (nSPS) is 11.8. The summed E-state index contributed by atoms with van der Waals surface area (Å²) in [6.07, 6.45) is 5.48. The standard InChI is InChI=1S/C22H16BrN7S/c1-12-7-13(2)26-22-17(12)18-19(31-22)21-27-20(28-30(21)11-24-18)15-5-3-14(4-6-15)9-29-10-16(23)8-25-29/h3-8,10-11H,9H2,1-2H3. The van der Waals surface area contributed by atoms with Gasteiger partial charge in [0, 0.05) is 22.8 Å². The van der Waals surface area contributed by atoms with Gasteiger partial charge in [-0.15, -0.1) is 16.4 Å². The molecule has 152 valence electrons. The van der Waals surface area contributed by atoms with E-state index in [4.69, 9.17) is 9.97 Å². The van der Waals surface area contributed by atoms with Crippen LogP contribution >= 0.6 is 27.3 Å². The van der Waals surface area contributed by atoms with Crippen LogP contribution in [-0.2, 0) is 6.54 Å². The third-order valence-corrected chi connectivity index (χ3v) is 6.73. The van der Waals surface area contributed by atoms with Crippen molar-refractivity contribution in [2.24, 2.45) is 0 Å². The van der Waals surface area contributed by atoms with Crippen molar-refractivity contribution in [1.82, 2.24) is 34.3 Å². The van der Waals surface area contributed by atoms with Crippen LogP contribution in [0.1, 0.15) is 16.8 Å². The molecule has 5 aromatic heterocycles. The molecule has 6 aromatic rings. The van der Waals surface area contributed by atoms with E-state index in [2.05, 4.69) is 56.2 Å². The summed E-state index contributed by atoms with van der Waals surface area (Å²) in [5.41, 5.74) is 6.08. The number of hydrogen-bond acceptors (Lipinski definition) is 6. The lowest BCUT2D eigenvalue weighted by atomic mass is 10.1. The molecule has 0 aliphatic rings. The van der Waals surface area contributed by atoms with Crippen molar-refractivity contribution in [1.29, 1.82) is 0 Å². The van der Waals surface area contributed by atoms with Crippen molar-refractivity contribution in [2.75, 3.05) is 0 Å². The number of nitrogens with zero attached hydrogens (tertiary/aromatic N) is 7. The Labute approximate surface area is 189 Å². The van der Waals surface area contributed by atoms with Crippen LogP contribution in [0.5, 0.6) is 0 Å². The predicted octanol–water partition coefficient (Wildman–Crippen LogP) is 5.18. The Morgan fingerprint density at radius 1 is 1.10 bits per heavy atom. The second-order valence-electron chi connectivity index (χ2n) is 7.54. The molecular weight excluding hydrogens is 474 g/mol. The molecule has 1 aromatic carbocycles. The van der Waals surface area contributed by atoms with Crippen molar-refractivity contribution in [3.63, 3.8) is 0 Å². The quantitative estimate of drug-likeness (QED) is 0.342. The van der Waals surface area contributed by atoms with Gasteiger partial charge in [0.2, 0.25) is 0 Å². The maximum absolute atomic E-state index is 4.85. The van der Waals surface area contributed by atoms with Gasteiger partial charge in [-0.2, -0.15) is 5.10 Å². The maximum atomic E-state index is 4.85. The van der Waals surface area contributed by atoms with Gasteiger partial charge in [-0.3, -0.25) is 4.68 Å². The third-order valence-electron chi connectivity index (χ3n) is 5.25. The summed E-state index contributed by atoms with van der Waals surface area (Å²) < 4.78 is 5.63. The number of pyridine rings is 1. The van der Waals surface area contributed by atoms with E-state index in [0.29, 0.717) is 12.4 Å². The average molecular weight is 490 g/mol. The highest BCUT2D eigenvalue weighted by Crippen LogP contribution is 2.35. The molecule has 0 bridgehead atoms. The number of fused-ring (bicyclic) bond motifs is 5. The summed E-state index contributed by atoms with van der Waals surface area (Å²) in [4.78, 5) is 15.2. The second-order valence-corrected chi connectivity index (χ2v) is 9.46. The Bertz CT molecular complexity index is 1590. The van der Waals surface area contributed by atoms with E-state index in [-0.39, 0.29) is 0 Å². The Hall–Kier alpha value is -3.17. The number of benzene rings is 1. The molecule has 0 radical (unpaired) electrons. The fraction of sp³-hybridized carbons (Fsp3) is 0.136. The van der Waals surface area contributed by atoms with E-state index in [1.165, 1.54) is 5.56 Å². The highest BCUT2D eigenvalue weighted by atomic mass is 79.9. The van der Waals surface area contributed by atoms with Crippen LogP contribution in [0.15, 0.2) is 53.5 Å². The topological polar surface area (TPSA) is 73.8 Å². The summed E-state index contributed by atoms with van der Waals surface area (Å²) in [5, 5.41) is 10.1. The lowest BCUT2D eigenvalue weighted by molar-refractivity contribution is 0.686. The first-order chi connectivity index (χ1) is 15.0. The summed E-state index contributed by atoms with van der Waals surface area (Å²) in [6.45, 7) is 4.83. The molecule has 0 N–H and O–H groups in total. The molecule has 0 spiro atoms. The van der Waals surface area contributed by atoms with Gasteiger partial charge in [0.25, 0.3) is 0 Å². The summed E-state index contributed by atoms with van der Waals surface area (Å²) in [7, 11) is 0. The average Bonchev–Trinajstić information content (AvgIpc) is 3.44. The third kappa shape index (κ3) is 3.12. The van der Waals surface area contributed by atoms with Crippen molar-refractivity contribution >= 4 is 53.3 Å². The summed E-state index contributed by atoms with van der Waals surface area (Å²) in [6, 6.07) is 10.4. The van der Waals surface area contributed by atoms with Gasteiger partial charge in [0.05, 0.1) is 22.7 Å². The Morgan fingerprint density at radius 3 is 2.71 bits per heavy atom. The fourth-order valence-corrected chi connectivity index (χ4v) is 5.41. The molecule has 0 aliphatic carbocycles. The number of aryl methyl sites for hydroxylation is 2. The number of aromatic nitrogens is 7. The highest BCUT2D eigenvalue weighted by Gasteiger charge is 2.16. The molecule has 7 nitrogen and oxygen atoms in total. The molecule has 31 heavy (non-hydrogen) atoms. The van der Waals surface area contributed by atoms with E-state index >= 15 is 0 Å². The van der Waals surface area contributed by atoms with Crippen LogP contribution in [0.3, 0.4) is 0 Å². The molecule has 0 saturated carbocycles. The van der Waals surface area contributed by atoms with Gasteiger partial charge in [0.1, 0.15) is 15.9 Å². The van der Waals surface area contributed by atoms with Crippen LogP contribution in [0.2, 0.25) is 0 Å². The molecule has 0 unspecified atom stereocenters. The number of thiophene rings is 1. The minimum atomic E-state index is 0.681. The van der Waals surface area contributed by atoms with Gasteiger partial charge in [-0.05, 0) is 47.0 Å². The smallest absolute Gasteiger partial charge is 0.182 e. The zero-order valence-corrected chi connectivity index (χ0v) is 19.1. The molecule has 6 rings (SSSR count). The van der Waals surface area contributed by atoms with Crippen molar-refractivity contribution in [2.45, 2.75) is 20.4 Å². The van der Waals surface area contributed by atoms with Gasteiger partial charge >= 0.3 is 0 Å². The minimum Gasteiger partial charge on any atom is -0.267 e. The zero-order valence-electron chi connectivity index (χ0n) is 16.7. The van der Waals surface area contributed by atoms with E-state index < -0.39 is 0 Å².